The maximum atomic E-state index is 14.1. The van der Waals surface area contributed by atoms with E-state index in [9.17, 15) is 9.90 Å². The van der Waals surface area contributed by atoms with Crippen molar-refractivity contribution in [1.82, 2.24) is 4.90 Å². The summed E-state index contributed by atoms with van der Waals surface area (Å²) in [5.41, 5.74) is 1.57. The molecule has 1 aliphatic heterocycles. The number of amides is 1. The van der Waals surface area contributed by atoms with Crippen molar-refractivity contribution in [3.63, 3.8) is 0 Å². The molecule has 5 atom stereocenters. The van der Waals surface area contributed by atoms with E-state index < -0.39 is 11.5 Å². The number of hydrogen-bond acceptors (Lipinski definition) is 2. The fourth-order valence-electron chi connectivity index (χ4n) is 5.16. The molecule has 1 aliphatic rings. The molecule has 3 nitrogen and oxygen atoms in total. The molecule has 0 spiro atoms. The average molecular weight is 474 g/mol. The summed E-state index contributed by atoms with van der Waals surface area (Å²) in [7, 11) is 0. The third kappa shape index (κ3) is 5.22. The molecule has 2 aromatic rings. The second-order valence-corrected chi connectivity index (χ2v) is 10.1. The lowest BCUT2D eigenvalue weighted by Gasteiger charge is -2.52. The van der Waals surface area contributed by atoms with E-state index in [1.807, 2.05) is 60.4 Å². The van der Waals surface area contributed by atoms with Crippen LogP contribution in [0.4, 0.5) is 0 Å². The first-order chi connectivity index (χ1) is 15.2. The van der Waals surface area contributed by atoms with Gasteiger partial charge in [0.05, 0.1) is 17.6 Å². The Morgan fingerprint density at radius 1 is 1.19 bits per heavy atom. The highest BCUT2D eigenvalue weighted by Gasteiger charge is 2.50. The van der Waals surface area contributed by atoms with Crippen LogP contribution in [0.1, 0.15) is 69.5 Å². The smallest absolute Gasteiger partial charge is 0.229 e. The van der Waals surface area contributed by atoms with Gasteiger partial charge in [-0.05, 0) is 68.0 Å². The van der Waals surface area contributed by atoms with E-state index in [0.717, 1.165) is 17.5 Å². The van der Waals surface area contributed by atoms with Gasteiger partial charge in [-0.15, -0.1) is 6.58 Å². The minimum Gasteiger partial charge on any atom is -0.393 e. The van der Waals surface area contributed by atoms with Gasteiger partial charge in [0, 0.05) is 22.0 Å². The number of nitrogens with zero attached hydrogens (tertiary/aromatic N) is 1. The molecule has 0 bridgehead atoms. The van der Waals surface area contributed by atoms with Gasteiger partial charge in [-0.3, -0.25) is 4.79 Å². The molecule has 3 rings (SSSR count). The van der Waals surface area contributed by atoms with Gasteiger partial charge in [0.1, 0.15) is 0 Å². The molecule has 0 radical (unpaired) electrons. The topological polar surface area (TPSA) is 40.5 Å². The lowest BCUT2D eigenvalue weighted by molar-refractivity contribution is -0.155. The highest BCUT2D eigenvalue weighted by atomic mass is 35.5. The number of rotatable bonds is 8. The van der Waals surface area contributed by atoms with Crippen LogP contribution < -0.4 is 0 Å². The van der Waals surface area contributed by atoms with Gasteiger partial charge < -0.3 is 10.0 Å². The van der Waals surface area contributed by atoms with Crippen LogP contribution in [0.5, 0.6) is 0 Å². The summed E-state index contributed by atoms with van der Waals surface area (Å²) in [5, 5.41) is 11.6. The van der Waals surface area contributed by atoms with Crippen molar-refractivity contribution in [2.45, 2.75) is 70.6 Å². The number of benzene rings is 2. The minimum absolute atomic E-state index is 0.0422. The molecule has 172 valence electrons. The molecule has 0 aromatic heterocycles. The number of allylic oxidation sites excluding steroid dienone is 1. The van der Waals surface area contributed by atoms with E-state index in [1.54, 1.807) is 6.92 Å². The van der Waals surface area contributed by atoms with E-state index >= 15 is 0 Å². The normalized spacial score (nSPS) is 25.4. The Bertz CT molecular complexity index is 943. The van der Waals surface area contributed by atoms with Crippen molar-refractivity contribution in [3.05, 3.63) is 82.4 Å². The summed E-state index contributed by atoms with van der Waals surface area (Å²) in [6.45, 7) is 9.82. The van der Waals surface area contributed by atoms with Crippen molar-refractivity contribution in [2.75, 3.05) is 0 Å². The van der Waals surface area contributed by atoms with E-state index in [1.165, 1.54) is 0 Å². The first-order valence-corrected chi connectivity index (χ1v) is 12.1. The highest BCUT2D eigenvalue weighted by Crippen LogP contribution is 2.52. The Balaban J connectivity index is 2.22. The first kappa shape index (κ1) is 24.8. The number of piperidine rings is 1. The molecule has 1 amide bonds. The average Bonchev–Trinajstić information content (AvgIpc) is 2.75. The lowest BCUT2D eigenvalue weighted by atomic mass is 9.67. The molecule has 1 heterocycles. The van der Waals surface area contributed by atoms with Gasteiger partial charge in [-0.2, -0.15) is 0 Å². The fraction of sp³-hybridized carbons (Fsp3) is 0.444. The van der Waals surface area contributed by atoms with Gasteiger partial charge in [0.15, 0.2) is 0 Å². The standard InChI is InChI=1S/C27H33Cl2NO2/c1-5-14-27(4)17-24(20-8-7-9-22(29)16-20)25(19-10-12-21(28)13-11-19)30(26(27)32)23(6-2)15-18(3)31/h5,7-13,16,18,23-25,31H,1,6,14-15,17H2,2-4H3/t18?,23?,24-,25-,27+/m1/s1. The molecule has 0 aliphatic carbocycles. The van der Waals surface area contributed by atoms with Crippen molar-refractivity contribution in [1.29, 1.82) is 0 Å². The minimum atomic E-state index is -0.580. The van der Waals surface area contributed by atoms with E-state index in [4.69, 9.17) is 23.2 Å². The third-order valence-corrected chi connectivity index (χ3v) is 7.15. The van der Waals surface area contributed by atoms with Crippen LogP contribution in [0, 0.1) is 5.41 Å². The lowest BCUT2D eigenvalue weighted by Crippen LogP contribution is -2.55. The summed E-state index contributed by atoms with van der Waals surface area (Å²) in [6, 6.07) is 15.4. The predicted octanol–water partition coefficient (Wildman–Crippen LogP) is 7.18. The van der Waals surface area contributed by atoms with Crippen LogP contribution in [0.2, 0.25) is 10.0 Å². The second-order valence-electron chi connectivity index (χ2n) is 9.27. The van der Waals surface area contributed by atoms with Crippen molar-refractivity contribution in [3.8, 4) is 0 Å². The molecule has 2 aromatic carbocycles. The molecule has 32 heavy (non-hydrogen) atoms. The molecular formula is C27H33Cl2NO2. The van der Waals surface area contributed by atoms with Crippen molar-refractivity contribution in [2.24, 2.45) is 5.41 Å². The van der Waals surface area contributed by atoms with Crippen LogP contribution in [0.3, 0.4) is 0 Å². The number of aliphatic hydroxyl groups excluding tert-OH is 1. The maximum Gasteiger partial charge on any atom is 0.229 e. The number of carbonyl (C=O) groups excluding carboxylic acids is 1. The zero-order chi connectivity index (χ0) is 23.5. The SMILES string of the molecule is C=CC[C@@]1(C)C[C@H](c2cccc(Cl)c2)[C@@H](c2ccc(Cl)cc2)N(C(CC)CC(C)O)C1=O. The maximum absolute atomic E-state index is 14.1. The van der Waals surface area contributed by atoms with Crippen LogP contribution >= 0.6 is 23.2 Å². The second kappa shape index (κ2) is 10.4. The summed E-state index contributed by atoms with van der Waals surface area (Å²) >= 11 is 12.6. The van der Waals surface area contributed by atoms with Crippen LogP contribution in [-0.4, -0.2) is 28.1 Å². The summed E-state index contributed by atoms with van der Waals surface area (Å²) in [5.74, 6) is 0.156. The Morgan fingerprint density at radius 3 is 2.44 bits per heavy atom. The molecule has 1 saturated heterocycles. The fourth-order valence-corrected chi connectivity index (χ4v) is 5.48. The zero-order valence-corrected chi connectivity index (χ0v) is 20.6. The zero-order valence-electron chi connectivity index (χ0n) is 19.1. The number of hydrogen-bond donors (Lipinski definition) is 1. The van der Waals surface area contributed by atoms with Crippen LogP contribution in [0.15, 0.2) is 61.2 Å². The number of aliphatic hydroxyl groups is 1. The van der Waals surface area contributed by atoms with E-state index in [-0.39, 0.29) is 23.9 Å². The van der Waals surface area contributed by atoms with Gasteiger partial charge in [-0.25, -0.2) is 0 Å². The molecular weight excluding hydrogens is 441 g/mol. The Hall–Kier alpha value is -1.81. The molecule has 5 heteroatoms. The Kier molecular flexibility index (Phi) is 8.08. The van der Waals surface area contributed by atoms with E-state index in [2.05, 4.69) is 19.6 Å². The van der Waals surface area contributed by atoms with Gasteiger partial charge in [0.2, 0.25) is 5.91 Å². The predicted molar refractivity (Wildman–Crippen MR) is 133 cm³/mol. The van der Waals surface area contributed by atoms with Gasteiger partial charge in [-0.1, -0.05) is 67.4 Å². The Labute approximate surface area is 202 Å². The number of likely N-dealkylation sites (tertiary alicyclic amines) is 1. The first-order valence-electron chi connectivity index (χ1n) is 11.3. The van der Waals surface area contributed by atoms with Crippen molar-refractivity contribution >= 4 is 29.1 Å². The quantitative estimate of drug-likeness (QED) is 0.412. The molecule has 1 fully saturated rings. The molecule has 2 unspecified atom stereocenters. The summed E-state index contributed by atoms with van der Waals surface area (Å²) < 4.78 is 0. The van der Waals surface area contributed by atoms with Crippen molar-refractivity contribution < 1.29 is 9.90 Å². The number of halogens is 2. The Morgan fingerprint density at radius 2 is 1.88 bits per heavy atom. The van der Waals surface area contributed by atoms with E-state index in [0.29, 0.717) is 29.3 Å². The van der Waals surface area contributed by atoms with Crippen LogP contribution in [0.25, 0.3) is 0 Å². The van der Waals surface area contributed by atoms with Crippen LogP contribution in [-0.2, 0) is 4.79 Å². The van der Waals surface area contributed by atoms with Gasteiger partial charge >= 0.3 is 0 Å². The molecule has 1 N–H and O–H groups in total. The molecule has 0 saturated carbocycles. The summed E-state index contributed by atoms with van der Waals surface area (Å²) in [6.07, 6.45) is 3.90. The monoisotopic (exact) mass is 473 g/mol. The summed E-state index contributed by atoms with van der Waals surface area (Å²) in [4.78, 5) is 16.1. The number of carbonyl (C=O) groups is 1. The largest absolute Gasteiger partial charge is 0.393 e. The third-order valence-electron chi connectivity index (χ3n) is 6.66. The highest BCUT2D eigenvalue weighted by molar-refractivity contribution is 6.30. The van der Waals surface area contributed by atoms with Gasteiger partial charge in [0.25, 0.3) is 0 Å².